The highest BCUT2D eigenvalue weighted by molar-refractivity contribution is 9.10. The van der Waals surface area contributed by atoms with E-state index < -0.39 is 0 Å². The highest BCUT2D eigenvalue weighted by Gasteiger charge is 2.34. The third kappa shape index (κ3) is 3.41. The number of nitrogens with one attached hydrogen (secondary N) is 2. The number of hydrogen-bond acceptors (Lipinski definition) is 5. The van der Waals surface area contributed by atoms with Crippen LogP contribution in [0.2, 0.25) is 0 Å². The van der Waals surface area contributed by atoms with Crippen molar-refractivity contribution in [3.05, 3.63) is 62.6 Å². The second kappa shape index (κ2) is 7.31. The van der Waals surface area contributed by atoms with Gasteiger partial charge in [-0.25, -0.2) is 0 Å². The number of carbonyl (C=O) groups is 1. The van der Waals surface area contributed by atoms with Gasteiger partial charge < -0.3 is 15.1 Å². The molecule has 3 aromatic rings. The Morgan fingerprint density at radius 1 is 1.17 bits per heavy atom. The molecule has 2 aromatic heterocycles. The van der Waals surface area contributed by atoms with Gasteiger partial charge in [-0.2, -0.15) is 0 Å². The number of carbonyl (C=O) groups excluding carboxylic acids is 1. The van der Waals surface area contributed by atoms with Crippen molar-refractivity contribution in [2.45, 2.75) is 39.0 Å². The van der Waals surface area contributed by atoms with Crippen LogP contribution in [0.25, 0.3) is 11.3 Å². The predicted molar refractivity (Wildman–Crippen MR) is 119 cm³/mol. The fourth-order valence-electron chi connectivity index (χ4n) is 4.00. The average molecular weight is 472 g/mol. The standard InChI is InChI=1S/C22H22BrN3O2S/c1-12(2)26-10-9-15-18(11-26)29-22-19(15)21(27)24-20(25-22)17-8-7-16(28-17)13-3-5-14(23)6-4-13/h3-8,12,20,25H,9-11H2,1-2H3,(H,24,27). The summed E-state index contributed by atoms with van der Waals surface area (Å²) >= 11 is 5.16. The summed E-state index contributed by atoms with van der Waals surface area (Å²) < 4.78 is 7.09. The van der Waals surface area contributed by atoms with E-state index in [0.29, 0.717) is 11.8 Å². The summed E-state index contributed by atoms with van der Waals surface area (Å²) in [4.78, 5) is 16.7. The summed E-state index contributed by atoms with van der Waals surface area (Å²) in [6.45, 7) is 6.36. The maximum Gasteiger partial charge on any atom is 0.256 e. The van der Waals surface area contributed by atoms with Crippen LogP contribution in [0.15, 0.2) is 45.3 Å². The minimum atomic E-state index is -0.361. The van der Waals surface area contributed by atoms with Crippen LogP contribution in [0.3, 0.4) is 0 Å². The van der Waals surface area contributed by atoms with Gasteiger partial charge in [-0.05, 0) is 50.1 Å². The summed E-state index contributed by atoms with van der Waals surface area (Å²) in [5.74, 6) is 1.48. The minimum Gasteiger partial charge on any atom is -0.457 e. The fourth-order valence-corrected chi connectivity index (χ4v) is 5.56. The van der Waals surface area contributed by atoms with Crippen molar-refractivity contribution in [1.82, 2.24) is 10.2 Å². The van der Waals surface area contributed by atoms with Crippen LogP contribution in [0.4, 0.5) is 5.00 Å². The van der Waals surface area contributed by atoms with Crippen molar-refractivity contribution in [2.75, 3.05) is 11.9 Å². The van der Waals surface area contributed by atoms with E-state index in [1.54, 1.807) is 11.3 Å². The first-order chi connectivity index (χ1) is 14.0. The van der Waals surface area contributed by atoms with Gasteiger partial charge in [0.15, 0.2) is 6.17 Å². The monoisotopic (exact) mass is 471 g/mol. The number of anilines is 1. The van der Waals surface area contributed by atoms with Crippen molar-refractivity contribution >= 4 is 38.2 Å². The van der Waals surface area contributed by atoms with Crippen LogP contribution in [0, 0.1) is 0 Å². The van der Waals surface area contributed by atoms with Crippen molar-refractivity contribution in [2.24, 2.45) is 0 Å². The lowest BCUT2D eigenvalue weighted by Crippen LogP contribution is -2.39. The topological polar surface area (TPSA) is 57.5 Å². The molecule has 0 spiro atoms. The maximum atomic E-state index is 12.9. The Hall–Kier alpha value is -2.09. The molecule has 5 rings (SSSR count). The molecule has 0 bridgehead atoms. The molecule has 5 nitrogen and oxygen atoms in total. The molecule has 1 unspecified atom stereocenters. The average Bonchev–Trinajstić information content (AvgIpc) is 3.32. The zero-order valence-electron chi connectivity index (χ0n) is 16.3. The lowest BCUT2D eigenvalue weighted by atomic mass is 10.0. The molecule has 0 fully saturated rings. The van der Waals surface area contributed by atoms with Gasteiger partial charge in [-0.1, -0.05) is 28.1 Å². The van der Waals surface area contributed by atoms with Gasteiger partial charge >= 0.3 is 0 Å². The van der Waals surface area contributed by atoms with Gasteiger partial charge in [0.05, 0.1) is 5.56 Å². The number of furan rings is 1. The largest absolute Gasteiger partial charge is 0.457 e. The number of benzene rings is 1. The number of thiophene rings is 1. The smallest absolute Gasteiger partial charge is 0.256 e. The maximum absolute atomic E-state index is 12.9. The Balaban J connectivity index is 1.41. The quantitative estimate of drug-likeness (QED) is 0.537. The number of hydrogen-bond donors (Lipinski definition) is 2. The Morgan fingerprint density at radius 3 is 2.72 bits per heavy atom. The summed E-state index contributed by atoms with van der Waals surface area (Å²) in [5.41, 5.74) is 3.03. The Labute approximate surface area is 182 Å². The van der Waals surface area contributed by atoms with Gasteiger partial charge in [-0.3, -0.25) is 9.69 Å². The Morgan fingerprint density at radius 2 is 1.97 bits per heavy atom. The lowest BCUT2D eigenvalue weighted by Gasteiger charge is -2.30. The number of nitrogens with zero attached hydrogens (tertiary/aromatic N) is 1. The van der Waals surface area contributed by atoms with E-state index in [4.69, 9.17) is 4.42 Å². The minimum absolute atomic E-state index is 0.0131. The van der Waals surface area contributed by atoms with Crippen molar-refractivity contribution in [3.8, 4) is 11.3 Å². The van der Waals surface area contributed by atoms with Gasteiger partial charge in [-0.15, -0.1) is 11.3 Å². The Kier molecular flexibility index (Phi) is 4.76. The normalized spacial score (nSPS) is 18.9. The highest BCUT2D eigenvalue weighted by atomic mass is 79.9. The molecule has 2 N–H and O–H groups in total. The van der Waals surface area contributed by atoms with E-state index >= 15 is 0 Å². The number of halogens is 1. The van der Waals surface area contributed by atoms with Gasteiger partial charge in [0.25, 0.3) is 5.91 Å². The van der Waals surface area contributed by atoms with Crippen LogP contribution in [-0.4, -0.2) is 23.4 Å². The molecule has 150 valence electrons. The number of fused-ring (bicyclic) bond motifs is 3. The molecule has 0 radical (unpaired) electrons. The second-order valence-electron chi connectivity index (χ2n) is 7.78. The highest BCUT2D eigenvalue weighted by Crippen LogP contribution is 2.41. The predicted octanol–water partition coefficient (Wildman–Crippen LogP) is 5.39. The van der Waals surface area contributed by atoms with E-state index in [9.17, 15) is 4.79 Å². The first kappa shape index (κ1) is 18.9. The van der Waals surface area contributed by atoms with Crippen LogP contribution in [0.5, 0.6) is 0 Å². The molecule has 0 aliphatic carbocycles. The van der Waals surface area contributed by atoms with E-state index in [2.05, 4.69) is 45.3 Å². The molecule has 7 heteroatoms. The molecule has 1 amide bonds. The Bertz CT molecular complexity index is 1070. The lowest BCUT2D eigenvalue weighted by molar-refractivity contribution is 0.0930. The van der Waals surface area contributed by atoms with Crippen molar-refractivity contribution < 1.29 is 9.21 Å². The summed E-state index contributed by atoms with van der Waals surface area (Å²) in [7, 11) is 0. The van der Waals surface area contributed by atoms with Gasteiger partial charge in [0, 0.05) is 34.0 Å². The van der Waals surface area contributed by atoms with Crippen LogP contribution in [-0.2, 0) is 13.0 Å². The summed E-state index contributed by atoms with van der Waals surface area (Å²) in [5, 5.41) is 7.51. The molecule has 1 aromatic carbocycles. The zero-order chi connectivity index (χ0) is 20.1. The van der Waals surface area contributed by atoms with E-state index in [0.717, 1.165) is 45.9 Å². The molecule has 2 aliphatic rings. The van der Waals surface area contributed by atoms with E-state index in [-0.39, 0.29) is 12.1 Å². The molecular formula is C22H22BrN3O2S. The van der Waals surface area contributed by atoms with Crippen LogP contribution >= 0.6 is 27.3 Å². The van der Waals surface area contributed by atoms with E-state index in [1.165, 1.54) is 10.4 Å². The fraction of sp³-hybridized carbons (Fsp3) is 0.318. The first-order valence-electron chi connectivity index (χ1n) is 9.81. The SMILES string of the molecule is CC(C)N1CCc2c(sc3c2C(=O)NC(c2ccc(-c4ccc(Br)cc4)o2)N3)C1. The van der Waals surface area contributed by atoms with Gasteiger partial charge in [0.1, 0.15) is 16.5 Å². The van der Waals surface area contributed by atoms with Crippen molar-refractivity contribution in [1.29, 1.82) is 0 Å². The molecule has 4 heterocycles. The van der Waals surface area contributed by atoms with E-state index in [1.807, 2.05) is 36.4 Å². The third-order valence-electron chi connectivity index (χ3n) is 5.63. The zero-order valence-corrected chi connectivity index (χ0v) is 18.7. The third-order valence-corrected chi connectivity index (χ3v) is 7.31. The first-order valence-corrected chi connectivity index (χ1v) is 11.4. The van der Waals surface area contributed by atoms with Crippen LogP contribution in [0.1, 0.15) is 46.6 Å². The molecule has 1 atom stereocenters. The summed E-state index contributed by atoms with van der Waals surface area (Å²) in [6.07, 6.45) is 0.564. The number of amides is 1. The number of rotatable bonds is 3. The van der Waals surface area contributed by atoms with Crippen LogP contribution < -0.4 is 10.6 Å². The molecule has 29 heavy (non-hydrogen) atoms. The molecular weight excluding hydrogens is 450 g/mol. The molecule has 0 saturated heterocycles. The van der Waals surface area contributed by atoms with Gasteiger partial charge in [0.2, 0.25) is 0 Å². The van der Waals surface area contributed by atoms with Crippen molar-refractivity contribution in [3.63, 3.8) is 0 Å². The summed E-state index contributed by atoms with van der Waals surface area (Å²) in [6, 6.07) is 12.4. The second-order valence-corrected chi connectivity index (χ2v) is 9.80. The molecule has 0 saturated carbocycles. The molecule has 2 aliphatic heterocycles.